The van der Waals surface area contributed by atoms with Crippen LogP contribution in [0, 0.1) is 0 Å². The molecule has 0 amide bonds. The maximum absolute atomic E-state index is 11.0. The molecule has 5 heteroatoms. The summed E-state index contributed by atoms with van der Waals surface area (Å²) in [7, 11) is 0. The number of fused-ring (bicyclic) bond motifs is 1. The molecule has 1 heterocycles. The number of carboxylic acid groups (broad SMARTS) is 1. The van der Waals surface area contributed by atoms with Gasteiger partial charge in [-0.15, -0.1) is 0 Å². The van der Waals surface area contributed by atoms with Crippen LogP contribution in [0.4, 0.5) is 0 Å². The number of carboxylic acids is 1. The van der Waals surface area contributed by atoms with Gasteiger partial charge >= 0.3 is 5.97 Å². The summed E-state index contributed by atoms with van der Waals surface area (Å²) in [6, 6.07) is 13.0. The first kappa shape index (κ1) is 14.2. The van der Waals surface area contributed by atoms with E-state index in [4.69, 9.17) is 16.7 Å². The number of carbonyl (C=O) groups is 1. The van der Waals surface area contributed by atoms with Crippen LogP contribution < -0.4 is 0 Å². The molecule has 3 rings (SSSR count). The van der Waals surface area contributed by atoms with Crippen molar-refractivity contribution in [3.05, 3.63) is 69.3 Å². The van der Waals surface area contributed by atoms with Gasteiger partial charge in [-0.25, -0.2) is 4.79 Å². The number of rotatable bonds is 3. The fraction of sp³-hybridized carbons (Fsp3) is 0.0625. The van der Waals surface area contributed by atoms with Crippen molar-refractivity contribution in [3.8, 4) is 0 Å². The van der Waals surface area contributed by atoms with E-state index in [9.17, 15) is 4.79 Å². The zero-order valence-corrected chi connectivity index (χ0v) is 13.2. The van der Waals surface area contributed by atoms with Crippen molar-refractivity contribution in [2.45, 2.75) is 6.54 Å². The summed E-state index contributed by atoms with van der Waals surface area (Å²) in [6.45, 7) is 0.619. The molecule has 0 saturated carbocycles. The molecule has 0 spiro atoms. The molecule has 106 valence electrons. The highest BCUT2D eigenvalue weighted by Crippen LogP contribution is 2.27. The Hall–Kier alpha value is -1.78. The number of hydrogen-bond donors (Lipinski definition) is 1. The second-order valence-electron chi connectivity index (χ2n) is 4.73. The van der Waals surface area contributed by atoms with Crippen LogP contribution in [0.15, 0.2) is 53.1 Å². The van der Waals surface area contributed by atoms with Crippen LogP contribution in [0.3, 0.4) is 0 Å². The van der Waals surface area contributed by atoms with Gasteiger partial charge in [0.15, 0.2) is 0 Å². The van der Waals surface area contributed by atoms with Crippen LogP contribution in [0.5, 0.6) is 0 Å². The number of aromatic carboxylic acids is 1. The lowest BCUT2D eigenvalue weighted by molar-refractivity contribution is 0.0697. The highest BCUT2D eigenvalue weighted by molar-refractivity contribution is 9.10. The Morgan fingerprint density at radius 2 is 2.00 bits per heavy atom. The summed E-state index contributed by atoms with van der Waals surface area (Å²) < 4.78 is 2.83. The highest BCUT2D eigenvalue weighted by Gasteiger charge is 2.10. The van der Waals surface area contributed by atoms with Crippen LogP contribution in [-0.4, -0.2) is 15.6 Å². The van der Waals surface area contributed by atoms with Crippen molar-refractivity contribution in [2.75, 3.05) is 0 Å². The molecule has 0 aliphatic heterocycles. The van der Waals surface area contributed by atoms with Gasteiger partial charge in [0, 0.05) is 28.1 Å². The van der Waals surface area contributed by atoms with Crippen LogP contribution in [0.1, 0.15) is 15.9 Å². The highest BCUT2D eigenvalue weighted by atomic mass is 79.9. The summed E-state index contributed by atoms with van der Waals surface area (Å²) in [5, 5.41) is 10.7. The van der Waals surface area contributed by atoms with Crippen LogP contribution >= 0.6 is 27.5 Å². The number of halogens is 2. The van der Waals surface area contributed by atoms with Gasteiger partial charge in [-0.2, -0.15) is 0 Å². The molecule has 0 bridgehead atoms. The van der Waals surface area contributed by atoms with E-state index in [0.29, 0.717) is 11.6 Å². The Morgan fingerprint density at radius 3 is 2.71 bits per heavy atom. The Morgan fingerprint density at radius 1 is 1.24 bits per heavy atom. The zero-order valence-electron chi connectivity index (χ0n) is 10.9. The van der Waals surface area contributed by atoms with Gasteiger partial charge < -0.3 is 9.67 Å². The number of benzene rings is 2. The van der Waals surface area contributed by atoms with E-state index >= 15 is 0 Å². The average Bonchev–Trinajstić information content (AvgIpc) is 2.78. The van der Waals surface area contributed by atoms with Gasteiger partial charge in [0.25, 0.3) is 0 Å². The molecule has 21 heavy (non-hydrogen) atoms. The summed E-state index contributed by atoms with van der Waals surface area (Å²) >= 11 is 9.67. The largest absolute Gasteiger partial charge is 0.478 e. The fourth-order valence-corrected chi connectivity index (χ4v) is 3.11. The number of nitrogens with zero attached hydrogens (tertiary/aromatic N) is 1. The van der Waals surface area contributed by atoms with E-state index in [1.54, 1.807) is 12.1 Å². The lowest BCUT2D eigenvalue weighted by Gasteiger charge is -2.08. The lowest BCUT2D eigenvalue weighted by atomic mass is 10.1. The molecular formula is C16H11BrClNO2. The van der Waals surface area contributed by atoms with Crippen molar-refractivity contribution in [1.82, 2.24) is 4.57 Å². The Labute approximate surface area is 134 Å². The predicted molar refractivity (Wildman–Crippen MR) is 87.2 cm³/mol. The SMILES string of the molecule is O=C(O)c1ccc(Cn2cc(Cl)c3ccccc32)c(Br)c1. The molecule has 2 aromatic carbocycles. The lowest BCUT2D eigenvalue weighted by Crippen LogP contribution is -2.01. The first-order chi connectivity index (χ1) is 10.1. The summed E-state index contributed by atoms with van der Waals surface area (Å²) in [6.07, 6.45) is 1.89. The first-order valence-electron chi connectivity index (χ1n) is 6.31. The Bertz CT molecular complexity index is 841. The van der Waals surface area contributed by atoms with E-state index in [-0.39, 0.29) is 5.56 Å². The number of hydrogen-bond acceptors (Lipinski definition) is 1. The number of aromatic nitrogens is 1. The molecule has 3 nitrogen and oxygen atoms in total. The average molecular weight is 365 g/mol. The quantitative estimate of drug-likeness (QED) is 0.725. The van der Waals surface area contributed by atoms with Crippen molar-refractivity contribution >= 4 is 44.4 Å². The third kappa shape index (κ3) is 2.69. The summed E-state index contributed by atoms with van der Waals surface area (Å²) in [5.74, 6) is -0.934. The van der Waals surface area contributed by atoms with Crippen molar-refractivity contribution in [3.63, 3.8) is 0 Å². The normalized spacial score (nSPS) is 11.0. The van der Waals surface area contributed by atoms with Gasteiger partial charge in [0.2, 0.25) is 0 Å². The van der Waals surface area contributed by atoms with E-state index in [1.165, 1.54) is 0 Å². The van der Waals surface area contributed by atoms with Crippen molar-refractivity contribution in [1.29, 1.82) is 0 Å². The van der Waals surface area contributed by atoms with Crippen LogP contribution in [-0.2, 0) is 6.54 Å². The zero-order chi connectivity index (χ0) is 15.0. The molecule has 0 radical (unpaired) electrons. The van der Waals surface area contributed by atoms with Gasteiger partial charge in [-0.1, -0.05) is 51.8 Å². The Kier molecular flexibility index (Phi) is 3.74. The maximum Gasteiger partial charge on any atom is 0.335 e. The molecule has 0 saturated heterocycles. The van der Waals surface area contributed by atoms with E-state index in [2.05, 4.69) is 20.5 Å². The van der Waals surface area contributed by atoms with Gasteiger partial charge in [0.05, 0.1) is 10.6 Å². The first-order valence-corrected chi connectivity index (χ1v) is 7.48. The molecule has 0 unspecified atom stereocenters. The molecule has 0 aliphatic carbocycles. The van der Waals surface area contributed by atoms with Crippen LogP contribution in [0.2, 0.25) is 5.02 Å². The van der Waals surface area contributed by atoms with Gasteiger partial charge in [0.1, 0.15) is 0 Å². The van der Waals surface area contributed by atoms with E-state index < -0.39 is 5.97 Å². The fourth-order valence-electron chi connectivity index (χ4n) is 2.32. The van der Waals surface area contributed by atoms with Crippen molar-refractivity contribution < 1.29 is 9.90 Å². The van der Waals surface area contributed by atoms with Crippen LogP contribution in [0.25, 0.3) is 10.9 Å². The van der Waals surface area contributed by atoms with E-state index in [1.807, 2.05) is 36.5 Å². The molecule has 0 fully saturated rings. The second kappa shape index (κ2) is 5.54. The molecule has 0 aliphatic rings. The summed E-state index contributed by atoms with van der Waals surface area (Å²) in [5.41, 5.74) is 2.31. The molecule has 1 aromatic heterocycles. The Balaban J connectivity index is 2.01. The molecule has 3 aromatic rings. The van der Waals surface area contributed by atoms with E-state index in [0.717, 1.165) is 20.9 Å². The van der Waals surface area contributed by atoms with Gasteiger partial charge in [-0.3, -0.25) is 0 Å². The minimum Gasteiger partial charge on any atom is -0.478 e. The van der Waals surface area contributed by atoms with Gasteiger partial charge in [-0.05, 0) is 23.8 Å². The minimum atomic E-state index is -0.934. The summed E-state index contributed by atoms with van der Waals surface area (Å²) in [4.78, 5) is 11.0. The molecule has 0 atom stereocenters. The second-order valence-corrected chi connectivity index (χ2v) is 5.99. The minimum absolute atomic E-state index is 0.265. The molecule has 1 N–H and O–H groups in total. The topological polar surface area (TPSA) is 42.2 Å². The van der Waals surface area contributed by atoms with Crippen molar-refractivity contribution in [2.24, 2.45) is 0 Å². The third-order valence-electron chi connectivity index (χ3n) is 3.38. The predicted octanol–water partition coefficient (Wildman–Crippen LogP) is 4.80. The maximum atomic E-state index is 11.0. The number of para-hydroxylation sites is 1. The smallest absolute Gasteiger partial charge is 0.335 e. The monoisotopic (exact) mass is 363 g/mol. The standard InChI is InChI=1S/C16H11BrClNO2/c17-13-7-10(16(20)21)5-6-11(13)8-19-9-14(18)12-3-1-2-4-15(12)19/h1-7,9H,8H2,(H,20,21). The third-order valence-corrected chi connectivity index (χ3v) is 4.42. The molecular weight excluding hydrogens is 354 g/mol.